The second-order valence-corrected chi connectivity index (χ2v) is 6.23. The van der Waals surface area contributed by atoms with E-state index in [1.54, 1.807) is 24.5 Å². The lowest BCUT2D eigenvalue weighted by Crippen LogP contribution is -2.21. The summed E-state index contributed by atoms with van der Waals surface area (Å²) >= 11 is 0. The maximum absolute atomic E-state index is 14.6. The van der Waals surface area contributed by atoms with E-state index < -0.39 is 0 Å². The van der Waals surface area contributed by atoms with E-state index in [-0.39, 0.29) is 11.9 Å². The lowest BCUT2D eigenvalue weighted by Gasteiger charge is -2.14. The minimum Gasteiger partial charge on any atom is -0.318 e. The molecule has 0 fully saturated rings. The van der Waals surface area contributed by atoms with Gasteiger partial charge in [0, 0.05) is 30.1 Å². The van der Waals surface area contributed by atoms with Crippen molar-refractivity contribution < 1.29 is 4.39 Å². The number of aliphatic imine (C=N–C) groups is 1. The molecule has 1 heterocycles. The smallest absolute Gasteiger partial charge is 0.132 e. The van der Waals surface area contributed by atoms with Gasteiger partial charge in [-0.15, -0.1) is 0 Å². The minimum atomic E-state index is -0.294. The SMILES string of the molecule is C=C(/C=C(\C=C/C)C(=N[C@@H](C)CNC)c1ccccc1F)c1ccncc1.CC.CC. The zero-order valence-electron chi connectivity index (χ0n) is 20.1. The van der Waals surface area contributed by atoms with Crippen molar-refractivity contribution in [2.45, 2.75) is 47.6 Å². The summed E-state index contributed by atoms with van der Waals surface area (Å²) in [7, 11) is 1.88. The molecule has 0 bridgehead atoms. The Bertz CT molecular complexity index is 852. The van der Waals surface area contributed by atoms with Crippen LogP contribution >= 0.6 is 0 Å². The number of hydrogen-bond acceptors (Lipinski definition) is 3. The van der Waals surface area contributed by atoms with Crippen LogP contribution in [0.3, 0.4) is 0 Å². The Morgan fingerprint density at radius 1 is 1.13 bits per heavy atom. The summed E-state index contributed by atoms with van der Waals surface area (Å²) in [6, 6.07) is 10.5. The van der Waals surface area contributed by atoms with Crippen molar-refractivity contribution in [3.05, 3.63) is 96.1 Å². The highest BCUT2D eigenvalue weighted by atomic mass is 19.1. The Kier molecular flexibility index (Phi) is 15.3. The first-order chi connectivity index (χ1) is 15.1. The second kappa shape index (κ2) is 16.9. The van der Waals surface area contributed by atoms with Gasteiger partial charge in [0.2, 0.25) is 0 Å². The molecule has 0 saturated carbocycles. The number of halogens is 1. The van der Waals surface area contributed by atoms with Crippen LogP contribution in [-0.2, 0) is 0 Å². The van der Waals surface area contributed by atoms with Crippen molar-refractivity contribution in [2.75, 3.05) is 13.6 Å². The third-order valence-corrected chi connectivity index (χ3v) is 3.98. The molecule has 0 radical (unpaired) electrons. The Labute approximate surface area is 188 Å². The van der Waals surface area contributed by atoms with Crippen LogP contribution in [0.2, 0.25) is 0 Å². The largest absolute Gasteiger partial charge is 0.318 e. The van der Waals surface area contributed by atoms with Crippen LogP contribution in [0.4, 0.5) is 4.39 Å². The monoisotopic (exact) mass is 423 g/mol. The molecule has 0 saturated heterocycles. The normalized spacial score (nSPS) is 12.4. The van der Waals surface area contributed by atoms with E-state index in [9.17, 15) is 4.39 Å². The quantitative estimate of drug-likeness (QED) is 0.371. The molecule has 2 rings (SSSR count). The lowest BCUT2D eigenvalue weighted by atomic mass is 9.97. The number of pyridine rings is 1. The first-order valence-electron chi connectivity index (χ1n) is 11.0. The van der Waals surface area contributed by atoms with Gasteiger partial charge in [-0.1, -0.05) is 58.6 Å². The van der Waals surface area contributed by atoms with E-state index in [4.69, 9.17) is 4.99 Å². The van der Waals surface area contributed by atoms with Crippen molar-refractivity contribution in [3.63, 3.8) is 0 Å². The summed E-state index contributed by atoms with van der Waals surface area (Å²) in [4.78, 5) is 8.85. The molecular weight excluding hydrogens is 385 g/mol. The van der Waals surface area contributed by atoms with E-state index in [1.807, 2.05) is 85.0 Å². The topological polar surface area (TPSA) is 37.3 Å². The number of rotatable bonds is 8. The summed E-state index contributed by atoms with van der Waals surface area (Å²) in [5.41, 5.74) is 3.68. The van der Waals surface area contributed by atoms with Crippen LogP contribution in [0.1, 0.15) is 52.7 Å². The first-order valence-corrected chi connectivity index (χ1v) is 11.0. The van der Waals surface area contributed by atoms with Gasteiger partial charge < -0.3 is 5.32 Å². The highest BCUT2D eigenvalue weighted by Crippen LogP contribution is 2.21. The van der Waals surface area contributed by atoms with Crippen LogP contribution < -0.4 is 5.32 Å². The number of allylic oxidation sites excluding steroid dienone is 5. The standard InChI is InChI=1S/C23H26FN3.2C2H6/c1-5-8-20(15-17(2)19-11-13-26-14-12-19)23(27-18(3)16-25-4)21-9-6-7-10-22(21)24;2*1-2/h5-15,18,25H,2,16H2,1,3-4H3;2*1-2H3/b8-5-,20-15+,27-23?;;/t18-;;/m0../s1. The van der Waals surface area contributed by atoms with Crippen molar-refractivity contribution in [3.8, 4) is 0 Å². The molecular formula is C27H38FN3. The highest BCUT2D eigenvalue weighted by molar-refractivity contribution is 6.15. The van der Waals surface area contributed by atoms with Gasteiger partial charge in [0.25, 0.3) is 0 Å². The summed E-state index contributed by atoms with van der Waals surface area (Å²) in [5, 5.41) is 3.11. The van der Waals surface area contributed by atoms with Gasteiger partial charge in [-0.3, -0.25) is 9.98 Å². The fraction of sp³-hybridized carbons (Fsp3) is 0.333. The number of nitrogens with zero attached hydrogens (tertiary/aromatic N) is 2. The molecule has 0 amide bonds. The minimum absolute atomic E-state index is 0.00699. The average Bonchev–Trinajstić information content (AvgIpc) is 2.81. The van der Waals surface area contributed by atoms with Gasteiger partial charge in [0.1, 0.15) is 5.82 Å². The number of hydrogen-bond donors (Lipinski definition) is 1. The van der Waals surface area contributed by atoms with Gasteiger partial charge in [-0.25, -0.2) is 4.39 Å². The van der Waals surface area contributed by atoms with E-state index in [0.717, 1.165) is 16.7 Å². The third kappa shape index (κ3) is 9.67. The maximum Gasteiger partial charge on any atom is 0.132 e. The van der Waals surface area contributed by atoms with E-state index in [2.05, 4.69) is 16.9 Å². The molecule has 1 aromatic carbocycles. The van der Waals surface area contributed by atoms with Crippen molar-refractivity contribution >= 4 is 11.3 Å². The van der Waals surface area contributed by atoms with Crippen molar-refractivity contribution in [1.82, 2.24) is 10.3 Å². The Balaban J connectivity index is 0.00000212. The highest BCUT2D eigenvalue weighted by Gasteiger charge is 2.14. The lowest BCUT2D eigenvalue weighted by molar-refractivity contribution is 0.624. The van der Waals surface area contributed by atoms with Gasteiger partial charge in [-0.05, 0) is 62.4 Å². The third-order valence-electron chi connectivity index (χ3n) is 3.98. The van der Waals surface area contributed by atoms with Crippen LogP contribution in [0, 0.1) is 5.82 Å². The summed E-state index contributed by atoms with van der Waals surface area (Å²) in [6.07, 6.45) is 9.25. The molecule has 1 atom stereocenters. The van der Waals surface area contributed by atoms with Crippen LogP contribution in [0.25, 0.3) is 5.57 Å². The molecule has 4 heteroatoms. The number of aromatic nitrogens is 1. The summed E-state index contributed by atoms with van der Waals surface area (Å²) in [5.74, 6) is -0.294. The summed E-state index contributed by atoms with van der Waals surface area (Å²) < 4.78 is 14.6. The predicted octanol–water partition coefficient (Wildman–Crippen LogP) is 6.89. The Morgan fingerprint density at radius 3 is 2.29 bits per heavy atom. The van der Waals surface area contributed by atoms with E-state index in [1.165, 1.54) is 6.07 Å². The predicted molar refractivity (Wildman–Crippen MR) is 135 cm³/mol. The van der Waals surface area contributed by atoms with Gasteiger partial charge >= 0.3 is 0 Å². The van der Waals surface area contributed by atoms with Crippen molar-refractivity contribution in [2.24, 2.45) is 4.99 Å². The molecule has 0 spiro atoms. The fourth-order valence-corrected chi connectivity index (χ4v) is 2.73. The molecule has 3 nitrogen and oxygen atoms in total. The molecule has 0 unspecified atom stereocenters. The van der Waals surface area contributed by atoms with Crippen LogP contribution in [0.15, 0.2) is 84.2 Å². The first kappa shape index (κ1) is 28.1. The molecule has 1 N–H and O–H groups in total. The van der Waals surface area contributed by atoms with Crippen LogP contribution in [-0.4, -0.2) is 30.3 Å². The number of benzene rings is 1. The summed E-state index contributed by atoms with van der Waals surface area (Å²) in [6.45, 7) is 16.8. The molecule has 31 heavy (non-hydrogen) atoms. The second-order valence-electron chi connectivity index (χ2n) is 6.23. The molecule has 0 aliphatic heterocycles. The fourth-order valence-electron chi connectivity index (χ4n) is 2.73. The van der Waals surface area contributed by atoms with E-state index in [0.29, 0.717) is 17.8 Å². The zero-order valence-corrected chi connectivity index (χ0v) is 20.1. The average molecular weight is 424 g/mol. The Morgan fingerprint density at radius 2 is 1.74 bits per heavy atom. The van der Waals surface area contributed by atoms with Gasteiger partial charge in [-0.2, -0.15) is 0 Å². The molecule has 0 aliphatic rings. The zero-order chi connectivity index (χ0) is 23.6. The van der Waals surface area contributed by atoms with Crippen molar-refractivity contribution in [1.29, 1.82) is 0 Å². The molecule has 168 valence electrons. The van der Waals surface area contributed by atoms with Gasteiger partial charge in [0.15, 0.2) is 0 Å². The van der Waals surface area contributed by atoms with Gasteiger partial charge in [0.05, 0.1) is 11.8 Å². The van der Waals surface area contributed by atoms with E-state index >= 15 is 0 Å². The Hall–Kier alpha value is -2.85. The number of likely N-dealkylation sites (N-methyl/N-ethyl adjacent to an activating group) is 1. The number of nitrogens with one attached hydrogen (secondary N) is 1. The molecule has 0 aliphatic carbocycles. The molecule has 1 aromatic heterocycles. The van der Waals surface area contributed by atoms with Crippen LogP contribution in [0.5, 0.6) is 0 Å². The maximum atomic E-state index is 14.6. The molecule has 2 aromatic rings.